The number of benzene rings is 1. The highest BCUT2D eigenvalue weighted by Gasteiger charge is 2.12. The van der Waals surface area contributed by atoms with Gasteiger partial charge in [0.15, 0.2) is 11.0 Å². The zero-order chi connectivity index (χ0) is 9.97. The Morgan fingerprint density at radius 2 is 2.36 bits per heavy atom. The van der Waals surface area contributed by atoms with Gasteiger partial charge < -0.3 is 0 Å². The van der Waals surface area contributed by atoms with Crippen molar-refractivity contribution in [1.82, 2.24) is 15.5 Å². The Hall–Kier alpha value is -2.18. The minimum atomic E-state index is -0.660. The summed E-state index contributed by atoms with van der Waals surface area (Å²) in [7, 11) is 0. The molecule has 70 valence electrons. The number of halogens is 1. The van der Waals surface area contributed by atoms with Gasteiger partial charge in [-0.25, -0.2) is 4.39 Å². The first-order chi connectivity index (χ1) is 6.81. The van der Waals surface area contributed by atoms with Crippen molar-refractivity contribution in [2.45, 2.75) is 0 Å². The summed E-state index contributed by atoms with van der Waals surface area (Å²) in [6.07, 6.45) is 0. The zero-order valence-electron chi connectivity index (χ0n) is 6.86. The molecule has 1 heterocycles. The van der Waals surface area contributed by atoms with Gasteiger partial charge >= 0.3 is 5.82 Å². The summed E-state index contributed by atoms with van der Waals surface area (Å²) in [4.78, 5) is 10.2. The van der Waals surface area contributed by atoms with Gasteiger partial charge in [0.1, 0.15) is 10.8 Å². The Kier molecular flexibility index (Phi) is 1.98. The van der Waals surface area contributed by atoms with Crippen LogP contribution in [0.5, 0.6) is 0 Å². The van der Waals surface area contributed by atoms with Gasteiger partial charge in [0.05, 0.1) is 5.56 Å². The van der Waals surface area contributed by atoms with Crippen LogP contribution in [0.15, 0.2) is 23.4 Å². The van der Waals surface area contributed by atoms with Crippen molar-refractivity contribution in [2.24, 2.45) is 5.18 Å². The van der Waals surface area contributed by atoms with E-state index in [0.717, 1.165) is 6.07 Å². The number of hydrogen-bond donors (Lipinski definition) is 1. The van der Waals surface area contributed by atoms with Crippen LogP contribution in [0.1, 0.15) is 0 Å². The van der Waals surface area contributed by atoms with E-state index >= 15 is 0 Å². The Balaban J connectivity index is 2.51. The van der Waals surface area contributed by atoms with E-state index in [1.807, 2.05) is 0 Å². The molecule has 0 unspecified atom stereocenters. The van der Waals surface area contributed by atoms with Gasteiger partial charge in [-0.15, -0.1) is 4.91 Å². The number of nitrogens with zero attached hydrogens (tertiary/aromatic N) is 3. The largest absolute Gasteiger partial charge is 0.329 e. The smallest absolute Gasteiger partial charge is 0.204 e. The fourth-order valence-corrected chi connectivity index (χ4v) is 1.04. The highest BCUT2D eigenvalue weighted by Crippen LogP contribution is 2.22. The molecule has 1 aromatic carbocycles. The van der Waals surface area contributed by atoms with E-state index in [4.69, 9.17) is 0 Å². The maximum atomic E-state index is 12.9. The standard InChI is InChI=1S/C7H4FN5O/c8-5-2-1-4(3-6(5)11-14)7-9-12-13-10-7/h1-3H,(H,9,10,12,13)/p+1. The van der Waals surface area contributed by atoms with E-state index < -0.39 is 5.82 Å². The Labute approximate surface area is 77.1 Å². The van der Waals surface area contributed by atoms with Crippen molar-refractivity contribution < 1.29 is 9.49 Å². The summed E-state index contributed by atoms with van der Waals surface area (Å²) in [5.74, 6) is -0.248. The predicted octanol–water partition coefficient (Wildman–Crippen LogP) is 0.823. The molecule has 1 aromatic heterocycles. The van der Waals surface area contributed by atoms with Crippen molar-refractivity contribution >= 4 is 5.69 Å². The third-order valence-corrected chi connectivity index (χ3v) is 1.69. The SMILES string of the molecule is O=Nc1cc(-c2nn[nH][nH+]2)ccc1F. The van der Waals surface area contributed by atoms with Crippen LogP contribution in [0, 0.1) is 10.7 Å². The lowest BCUT2D eigenvalue weighted by Gasteiger charge is -1.93. The van der Waals surface area contributed by atoms with Gasteiger partial charge in [-0.3, -0.25) is 0 Å². The van der Waals surface area contributed by atoms with Crippen LogP contribution < -0.4 is 5.10 Å². The number of H-pyrrole nitrogens is 2. The average Bonchev–Trinajstić information content (AvgIpc) is 2.71. The van der Waals surface area contributed by atoms with E-state index in [0.29, 0.717) is 11.4 Å². The van der Waals surface area contributed by atoms with Crippen LogP contribution >= 0.6 is 0 Å². The van der Waals surface area contributed by atoms with Crippen LogP contribution in [0.3, 0.4) is 0 Å². The molecule has 0 aliphatic carbocycles. The third-order valence-electron chi connectivity index (χ3n) is 1.69. The summed E-state index contributed by atoms with van der Waals surface area (Å²) < 4.78 is 12.9. The normalized spacial score (nSPS) is 10.1. The molecule has 14 heavy (non-hydrogen) atoms. The number of rotatable bonds is 2. The molecule has 2 rings (SSSR count). The van der Waals surface area contributed by atoms with E-state index in [1.165, 1.54) is 12.1 Å². The van der Waals surface area contributed by atoms with E-state index in [2.05, 4.69) is 25.8 Å². The van der Waals surface area contributed by atoms with Gasteiger partial charge in [0.25, 0.3) is 0 Å². The molecule has 0 aliphatic heterocycles. The predicted molar refractivity (Wildman–Crippen MR) is 43.8 cm³/mol. The topological polar surface area (TPSA) is 85.1 Å². The Morgan fingerprint density at radius 3 is 3.00 bits per heavy atom. The van der Waals surface area contributed by atoms with Crippen LogP contribution in [-0.4, -0.2) is 15.5 Å². The first-order valence-corrected chi connectivity index (χ1v) is 3.73. The summed E-state index contributed by atoms with van der Waals surface area (Å²) in [6.45, 7) is 0. The lowest BCUT2D eigenvalue weighted by atomic mass is 10.2. The van der Waals surface area contributed by atoms with Crippen LogP contribution in [-0.2, 0) is 0 Å². The molecule has 0 radical (unpaired) electrons. The second-order valence-electron chi connectivity index (χ2n) is 2.54. The van der Waals surface area contributed by atoms with Crippen molar-refractivity contribution in [3.63, 3.8) is 0 Å². The number of nitrogens with one attached hydrogen (secondary N) is 2. The quantitative estimate of drug-likeness (QED) is 0.718. The van der Waals surface area contributed by atoms with Crippen LogP contribution in [0.2, 0.25) is 0 Å². The molecule has 0 bridgehead atoms. The first-order valence-electron chi connectivity index (χ1n) is 3.73. The minimum Gasteiger partial charge on any atom is -0.204 e. The Morgan fingerprint density at radius 1 is 1.50 bits per heavy atom. The average molecular weight is 194 g/mol. The molecule has 0 saturated heterocycles. The highest BCUT2D eigenvalue weighted by molar-refractivity contribution is 5.58. The fourth-order valence-electron chi connectivity index (χ4n) is 1.04. The molecule has 7 heteroatoms. The number of nitroso groups, excluding NO2 is 1. The first kappa shape index (κ1) is 8.42. The van der Waals surface area contributed by atoms with Crippen LogP contribution in [0.25, 0.3) is 11.4 Å². The number of tetrazole rings is 1. The maximum Gasteiger partial charge on any atom is 0.329 e. The molecule has 0 saturated carbocycles. The summed E-state index contributed by atoms with van der Waals surface area (Å²) >= 11 is 0. The molecular weight excluding hydrogens is 189 g/mol. The third kappa shape index (κ3) is 1.35. The maximum absolute atomic E-state index is 12.9. The number of aromatic amines is 2. The number of hydrogen-bond acceptors (Lipinski definition) is 4. The number of aromatic nitrogens is 4. The summed E-state index contributed by atoms with van der Waals surface area (Å²) in [6, 6.07) is 3.91. The van der Waals surface area contributed by atoms with Crippen LogP contribution in [0.4, 0.5) is 10.1 Å². The van der Waals surface area contributed by atoms with E-state index in [1.54, 1.807) is 0 Å². The van der Waals surface area contributed by atoms with Crippen molar-refractivity contribution in [1.29, 1.82) is 0 Å². The van der Waals surface area contributed by atoms with Gasteiger partial charge in [0.2, 0.25) is 0 Å². The summed E-state index contributed by atoms with van der Waals surface area (Å²) in [5.41, 5.74) is 0.286. The molecule has 2 aromatic rings. The monoisotopic (exact) mass is 194 g/mol. The van der Waals surface area contributed by atoms with Gasteiger partial charge in [-0.1, -0.05) is 5.21 Å². The second-order valence-corrected chi connectivity index (χ2v) is 2.54. The Bertz CT molecular complexity index is 455. The van der Waals surface area contributed by atoms with Gasteiger partial charge in [-0.2, -0.15) is 5.10 Å². The van der Waals surface area contributed by atoms with Gasteiger partial charge in [-0.05, 0) is 23.4 Å². The van der Waals surface area contributed by atoms with E-state index in [-0.39, 0.29) is 5.69 Å². The van der Waals surface area contributed by atoms with Crippen molar-refractivity contribution in [3.05, 3.63) is 28.9 Å². The lowest BCUT2D eigenvalue weighted by Crippen LogP contribution is -2.05. The molecule has 2 N–H and O–H groups in total. The lowest BCUT2D eigenvalue weighted by molar-refractivity contribution is -0.444. The molecule has 6 nitrogen and oxygen atoms in total. The molecule has 0 amide bonds. The summed E-state index contributed by atoms with van der Waals surface area (Å²) in [5, 5.41) is 14.7. The second kappa shape index (κ2) is 3.29. The molecule has 0 atom stereocenters. The van der Waals surface area contributed by atoms with E-state index in [9.17, 15) is 9.30 Å². The zero-order valence-corrected chi connectivity index (χ0v) is 6.86. The van der Waals surface area contributed by atoms with Crippen molar-refractivity contribution in [2.75, 3.05) is 0 Å². The molecule has 0 fully saturated rings. The highest BCUT2D eigenvalue weighted by atomic mass is 19.1. The van der Waals surface area contributed by atoms with Crippen molar-refractivity contribution in [3.8, 4) is 11.4 Å². The van der Waals surface area contributed by atoms with Gasteiger partial charge in [0, 0.05) is 0 Å². The minimum absolute atomic E-state index is 0.251. The molecular formula is C7H5FN5O+. The molecule has 0 aliphatic rings. The fraction of sp³-hybridized carbons (Fsp3) is 0. The molecule has 0 spiro atoms.